The average Bonchev–Trinajstić information content (AvgIpc) is 2.99. The monoisotopic (exact) mass is 285 g/mol. The molecule has 0 unspecified atom stereocenters. The minimum Gasteiger partial charge on any atom is -0.359 e. The number of hydrogen-bond acceptors (Lipinski definition) is 6. The third kappa shape index (κ3) is 3.46. The zero-order chi connectivity index (χ0) is 14.5. The first-order valence-corrected chi connectivity index (χ1v) is 7.17. The lowest BCUT2D eigenvalue weighted by Crippen LogP contribution is -2.43. The van der Waals surface area contributed by atoms with Crippen molar-refractivity contribution in [3.63, 3.8) is 0 Å². The Labute approximate surface area is 124 Å². The molecule has 1 saturated heterocycles. The molecule has 21 heavy (non-hydrogen) atoms. The molecule has 2 aromatic rings. The zero-order valence-corrected chi connectivity index (χ0v) is 12.1. The average molecular weight is 285 g/mol. The van der Waals surface area contributed by atoms with Crippen LogP contribution in [-0.4, -0.2) is 52.4 Å². The Kier molecular flexibility index (Phi) is 4.25. The van der Waals surface area contributed by atoms with Crippen LogP contribution in [0.25, 0.3) is 11.3 Å². The molecule has 1 aliphatic heterocycles. The van der Waals surface area contributed by atoms with E-state index in [1.807, 2.05) is 31.3 Å². The summed E-state index contributed by atoms with van der Waals surface area (Å²) in [6, 6.07) is 5.87. The molecule has 6 nitrogen and oxygen atoms in total. The van der Waals surface area contributed by atoms with Crippen LogP contribution >= 0.6 is 0 Å². The smallest absolute Gasteiger partial charge is 0.151 e. The Morgan fingerprint density at radius 2 is 2.00 bits per heavy atom. The Balaban J connectivity index is 1.58. The van der Waals surface area contributed by atoms with E-state index in [2.05, 4.69) is 25.2 Å². The van der Waals surface area contributed by atoms with Crippen molar-refractivity contribution in [2.24, 2.45) is 5.10 Å². The van der Waals surface area contributed by atoms with Gasteiger partial charge < -0.3 is 4.52 Å². The summed E-state index contributed by atoms with van der Waals surface area (Å²) in [5.74, 6) is 0.897. The molecule has 3 rings (SSSR count). The van der Waals surface area contributed by atoms with Gasteiger partial charge in [-0.1, -0.05) is 5.16 Å². The van der Waals surface area contributed by atoms with Crippen molar-refractivity contribution < 1.29 is 4.52 Å². The van der Waals surface area contributed by atoms with E-state index < -0.39 is 0 Å². The third-order valence-electron chi connectivity index (χ3n) is 3.54. The molecule has 0 amide bonds. The van der Waals surface area contributed by atoms with Crippen molar-refractivity contribution in [3.05, 3.63) is 36.4 Å². The van der Waals surface area contributed by atoms with Crippen molar-refractivity contribution in [1.29, 1.82) is 0 Å². The highest BCUT2D eigenvalue weighted by Crippen LogP contribution is 2.19. The molecule has 0 spiro atoms. The maximum Gasteiger partial charge on any atom is 0.151 e. The summed E-state index contributed by atoms with van der Waals surface area (Å²) < 4.78 is 5.44. The van der Waals surface area contributed by atoms with Crippen molar-refractivity contribution in [2.45, 2.75) is 13.5 Å². The summed E-state index contributed by atoms with van der Waals surface area (Å²) in [5, 5.41) is 10.5. The normalized spacial score (nSPS) is 16.7. The highest BCUT2D eigenvalue weighted by Gasteiger charge is 2.17. The van der Waals surface area contributed by atoms with Gasteiger partial charge in [0, 0.05) is 56.4 Å². The molecular weight excluding hydrogens is 266 g/mol. The van der Waals surface area contributed by atoms with Gasteiger partial charge in [-0.2, -0.15) is 5.10 Å². The van der Waals surface area contributed by atoms with E-state index in [1.54, 1.807) is 12.4 Å². The fourth-order valence-electron chi connectivity index (χ4n) is 2.44. The van der Waals surface area contributed by atoms with Gasteiger partial charge in [0.25, 0.3) is 0 Å². The molecule has 0 atom stereocenters. The highest BCUT2D eigenvalue weighted by molar-refractivity contribution is 5.57. The molecular formula is C15H19N5O. The lowest BCUT2D eigenvalue weighted by atomic mass is 10.2. The molecule has 1 aliphatic rings. The molecule has 6 heteroatoms. The number of nitrogens with zero attached hydrogens (tertiary/aromatic N) is 5. The highest BCUT2D eigenvalue weighted by atomic mass is 16.5. The second kappa shape index (κ2) is 6.49. The topological polar surface area (TPSA) is 57.8 Å². The second-order valence-corrected chi connectivity index (χ2v) is 5.02. The molecule has 110 valence electrons. The Morgan fingerprint density at radius 1 is 1.24 bits per heavy atom. The van der Waals surface area contributed by atoms with Crippen LogP contribution in [0.15, 0.2) is 40.2 Å². The maximum atomic E-state index is 5.44. The van der Waals surface area contributed by atoms with Crippen LogP contribution in [0.2, 0.25) is 0 Å². The molecule has 0 bridgehead atoms. The molecule has 3 heterocycles. The number of aromatic nitrogens is 2. The summed E-state index contributed by atoms with van der Waals surface area (Å²) >= 11 is 0. The Hall–Kier alpha value is -2.21. The van der Waals surface area contributed by atoms with Crippen LogP contribution in [0.3, 0.4) is 0 Å². The number of piperazine rings is 1. The summed E-state index contributed by atoms with van der Waals surface area (Å²) in [6.07, 6.45) is 5.36. The van der Waals surface area contributed by atoms with Gasteiger partial charge in [-0.3, -0.25) is 14.9 Å². The molecule has 0 saturated carbocycles. The quantitative estimate of drug-likeness (QED) is 0.803. The Bertz CT molecular complexity index is 587. The first-order valence-electron chi connectivity index (χ1n) is 7.17. The van der Waals surface area contributed by atoms with E-state index in [1.165, 1.54) is 0 Å². The maximum absolute atomic E-state index is 5.44. The standard InChI is InChI=1S/C15H19N5O/c1-2-17-20-9-7-19(8-10-20)12-14-11-15(18-21-14)13-3-5-16-6-4-13/h2-6,11H,7-10,12H2,1H3/b17-2+. The predicted molar refractivity (Wildman–Crippen MR) is 80.8 cm³/mol. The van der Waals surface area contributed by atoms with Gasteiger partial charge in [0.2, 0.25) is 0 Å². The summed E-state index contributed by atoms with van der Waals surface area (Å²) in [4.78, 5) is 6.37. The minimum absolute atomic E-state index is 0.793. The van der Waals surface area contributed by atoms with E-state index in [0.717, 1.165) is 49.7 Å². The lowest BCUT2D eigenvalue weighted by Gasteiger charge is -2.32. The van der Waals surface area contributed by atoms with Crippen molar-refractivity contribution >= 4 is 6.21 Å². The summed E-state index contributed by atoms with van der Waals surface area (Å²) in [6.45, 7) is 6.62. The molecule has 2 aromatic heterocycles. The van der Waals surface area contributed by atoms with Gasteiger partial charge in [0.05, 0.1) is 6.54 Å². The summed E-state index contributed by atoms with van der Waals surface area (Å²) in [7, 11) is 0. The van der Waals surface area contributed by atoms with Crippen molar-refractivity contribution in [3.8, 4) is 11.3 Å². The zero-order valence-electron chi connectivity index (χ0n) is 12.1. The summed E-state index contributed by atoms with van der Waals surface area (Å²) in [5.41, 5.74) is 1.89. The van der Waals surface area contributed by atoms with Gasteiger partial charge in [-0.15, -0.1) is 0 Å². The van der Waals surface area contributed by atoms with Gasteiger partial charge in [-0.05, 0) is 19.1 Å². The van der Waals surface area contributed by atoms with Crippen molar-refractivity contribution in [2.75, 3.05) is 26.2 Å². The largest absolute Gasteiger partial charge is 0.359 e. The van der Waals surface area contributed by atoms with E-state index in [4.69, 9.17) is 4.52 Å². The van der Waals surface area contributed by atoms with E-state index in [0.29, 0.717) is 0 Å². The predicted octanol–water partition coefficient (Wildman–Crippen LogP) is 1.86. The molecule has 0 N–H and O–H groups in total. The first-order chi connectivity index (χ1) is 10.3. The SMILES string of the molecule is C/C=N/N1CCN(Cc2cc(-c3ccncc3)no2)CC1. The van der Waals surface area contributed by atoms with Crippen LogP contribution in [0, 0.1) is 0 Å². The van der Waals surface area contributed by atoms with E-state index in [-0.39, 0.29) is 0 Å². The molecule has 0 aromatic carbocycles. The first kappa shape index (κ1) is 13.8. The Morgan fingerprint density at radius 3 is 2.71 bits per heavy atom. The lowest BCUT2D eigenvalue weighted by molar-refractivity contribution is 0.122. The third-order valence-corrected chi connectivity index (χ3v) is 3.54. The number of hydrogen-bond donors (Lipinski definition) is 0. The number of pyridine rings is 1. The molecule has 0 aliphatic carbocycles. The fraction of sp³-hybridized carbons (Fsp3) is 0.400. The van der Waals surface area contributed by atoms with Crippen molar-refractivity contribution in [1.82, 2.24) is 20.0 Å². The van der Waals surface area contributed by atoms with Gasteiger partial charge in [0.1, 0.15) is 5.69 Å². The van der Waals surface area contributed by atoms with Crippen LogP contribution < -0.4 is 0 Å². The minimum atomic E-state index is 0.793. The van der Waals surface area contributed by atoms with E-state index in [9.17, 15) is 0 Å². The number of hydrazone groups is 1. The second-order valence-electron chi connectivity index (χ2n) is 5.02. The van der Waals surface area contributed by atoms with Gasteiger partial charge >= 0.3 is 0 Å². The van der Waals surface area contributed by atoms with Crippen LogP contribution in [0.5, 0.6) is 0 Å². The van der Waals surface area contributed by atoms with Gasteiger partial charge in [-0.25, -0.2) is 0 Å². The molecule has 1 fully saturated rings. The van der Waals surface area contributed by atoms with Crippen LogP contribution in [0.4, 0.5) is 0 Å². The molecule has 0 radical (unpaired) electrons. The fourth-order valence-corrected chi connectivity index (χ4v) is 2.44. The van der Waals surface area contributed by atoms with Crippen LogP contribution in [0.1, 0.15) is 12.7 Å². The van der Waals surface area contributed by atoms with E-state index >= 15 is 0 Å². The number of rotatable bonds is 4. The van der Waals surface area contributed by atoms with Gasteiger partial charge in [0.15, 0.2) is 5.76 Å². The van der Waals surface area contributed by atoms with Crippen LogP contribution in [-0.2, 0) is 6.54 Å².